The summed E-state index contributed by atoms with van der Waals surface area (Å²) in [5, 5.41) is 5.14. The maximum absolute atomic E-state index is 11.5. The van der Waals surface area contributed by atoms with Crippen molar-refractivity contribution in [2.24, 2.45) is 0 Å². The van der Waals surface area contributed by atoms with Gasteiger partial charge in [0.05, 0.1) is 19.9 Å². The molecule has 2 amide bonds. The SMILES string of the molecule is COC(=O)CCCCCNC(=O)CNC(=O)c1ccco1. The van der Waals surface area contributed by atoms with E-state index in [1.807, 2.05) is 0 Å². The van der Waals surface area contributed by atoms with E-state index in [2.05, 4.69) is 15.4 Å². The number of hydrogen-bond donors (Lipinski definition) is 2. The second kappa shape index (κ2) is 9.57. The normalized spacial score (nSPS) is 9.95. The van der Waals surface area contributed by atoms with Crippen molar-refractivity contribution < 1.29 is 23.5 Å². The molecule has 0 aliphatic carbocycles. The van der Waals surface area contributed by atoms with Crippen LogP contribution in [0, 0.1) is 0 Å². The van der Waals surface area contributed by atoms with Crippen molar-refractivity contribution in [3.05, 3.63) is 24.2 Å². The minimum atomic E-state index is -0.423. The summed E-state index contributed by atoms with van der Waals surface area (Å²) in [7, 11) is 1.36. The summed E-state index contributed by atoms with van der Waals surface area (Å²) in [6.07, 6.45) is 4.12. The average molecular weight is 296 g/mol. The Balaban J connectivity index is 2.01. The van der Waals surface area contributed by atoms with E-state index in [1.54, 1.807) is 6.07 Å². The fraction of sp³-hybridized carbons (Fsp3) is 0.500. The molecular weight excluding hydrogens is 276 g/mol. The van der Waals surface area contributed by atoms with Gasteiger partial charge < -0.3 is 19.8 Å². The lowest BCUT2D eigenvalue weighted by atomic mass is 10.2. The Morgan fingerprint density at radius 1 is 1.19 bits per heavy atom. The van der Waals surface area contributed by atoms with E-state index in [-0.39, 0.29) is 24.2 Å². The van der Waals surface area contributed by atoms with Crippen molar-refractivity contribution in [3.8, 4) is 0 Å². The van der Waals surface area contributed by atoms with Crippen molar-refractivity contribution in [1.29, 1.82) is 0 Å². The third-order valence-corrected chi connectivity index (χ3v) is 2.76. The van der Waals surface area contributed by atoms with Gasteiger partial charge >= 0.3 is 5.97 Å². The Morgan fingerprint density at radius 2 is 2.00 bits per heavy atom. The quantitative estimate of drug-likeness (QED) is 0.520. The van der Waals surface area contributed by atoms with Gasteiger partial charge in [0.2, 0.25) is 5.91 Å². The summed E-state index contributed by atoms with van der Waals surface area (Å²) >= 11 is 0. The number of methoxy groups -OCH3 is 1. The van der Waals surface area contributed by atoms with Gasteiger partial charge in [-0.25, -0.2) is 0 Å². The second-order valence-corrected chi connectivity index (χ2v) is 4.40. The van der Waals surface area contributed by atoms with Crippen LogP contribution in [0.2, 0.25) is 0 Å². The van der Waals surface area contributed by atoms with E-state index in [0.717, 1.165) is 19.3 Å². The van der Waals surface area contributed by atoms with Crippen LogP contribution in [-0.2, 0) is 14.3 Å². The topological polar surface area (TPSA) is 97.6 Å². The molecule has 1 heterocycles. The van der Waals surface area contributed by atoms with Crippen LogP contribution in [0.1, 0.15) is 36.2 Å². The number of furan rings is 1. The summed E-state index contributed by atoms with van der Waals surface area (Å²) in [4.78, 5) is 33.8. The van der Waals surface area contributed by atoms with Crippen molar-refractivity contribution >= 4 is 17.8 Å². The minimum absolute atomic E-state index is 0.0955. The molecule has 1 aromatic heterocycles. The Labute approximate surface area is 123 Å². The number of unbranched alkanes of at least 4 members (excludes halogenated alkanes) is 2. The minimum Gasteiger partial charge on any atom is -0.469 e. The maximum Gasteiger partial charge on any atom is 0.305 e. The van der Waals surface area contributed by atoms with Crippen LogP contribution in [0.3, 0.4) is 0 Å². The van der Waals surface area contributed by atoms with Crippen molar-refractivity contribution in [2.75, 3.05) is 20.2 Å². The molecule has 7 nitrogen and oxygen atoms in total. The van der Waals surface area contributed by atoms with Crippen LogP contribution in [0.25, 0.3) is 0 Å². The van der Waals surface area contributed by atoms with Gasteiger partial charge in [-0.05, 0) is 25.0 Å². The van der Waals surface area contributed by atoms with Crippen LogP contribution in [-0.4, -0.2) is 38.0 Å². The molecule has 21 heavy (non-hydrogen) atoms. The number of esters is 1. The van der Waals surface area contributed by atoms with Crippen molar-refractivity contribution in [3.63, 3.8) is 0 Å². The molecule has 0 atom stereocenters. The number of hydrogen-bond acceptors (Lipinski definition) is 5. The maximum atomic E-state index is 11.5. The van der Waals surface area contributed by atoms with Crippen LogP contribution >= 0.6 is 0 Å². The van der Waals surface area contributed by atoms with Gasteiger partial charge in [-0.15, -0.1) is 0 Å². The average Bonchev–Trinajstić information content (AvgIpc) is 3.02. The summed E-state index contributed by atoms with van der Waals surface area (Å²) < 4.78 is 9.42. The molecule has 116 valence electrons. The van der Waals surface area contributed by atoms with Gasteiger partial charge in [0.15, 0.2) is 5.76 Å². The van der Waals surface area contributed by atoms with Crippen LogP contribution in [0.4, 0.5) is 0 Å². The van der Waals surface area contributed by atoms with Crippen LogP contribution < -0.4 is 10.6 Å². The van der Waals surface area contributed by atoms with E-state index in [0.29, 0.717) is 13.0 Å². The molecule has 7 heteroatoms. The first-order valence-corrected chi connectivity index (χ1v) is 6.78. The highest BCUT2D eigenvalue weighted by atomic mass is 16.5. The van der Waals surface area contributed by atoms with Gasteiger partial charge in [-0.1, -0.05) is 6.42 Å². The Hall–Kier alpha value is -2.31. The molecule has 0 fully saturated rings. The predicted octanol–water partition coefficient (Wildman–Crippen LogP) is 0.859. The molecule has 0 saturated heterocycles. The molecule has 0 bridgehead atoms. The highest BCUT2D eigenvalue weighted by molar-refractivity contribution is 5.94. The van der Waals surface area contributed by atoms with Crippen molar-refractivity contribution in [1.82, 2.24) is 10.6 Å². The van der Waals surface area contributed by atoms with E-state index in [1.165, 1.54) is 19.4 Å². The summed E-state index contributed by atoms with van der Waals surface area (Å²) in [5.41, 5.74) is 0. The molecule has 0 unspecified atom stereocenters. The van der Waals surface area contributed by atoms with Crippen LogP contribution in [0.5, 0.6) is 0 Å². The molecule has 0 aliphatic heterocycles. The number of carbonyl (C=O) groups is 3. The fourth-order valence-electron chi connectivity index (χ4n) is 1.62. The van der Waals surface area contributed by atoms with Gasteiger partial charge in [0, 0.05) is 13.0 Å². The first kappa shape index (κ1) is 16.7. The van der Waals surface area contributed by atoms with Gasteiger partial charge in [0.1, 0.15) is 0 Å². The Morgan fingerprint density at radius 3 is 2.67 bits per heavy atom. The van der Waals surface area contributed by atoms with E-state index in [4.69, 9.17) is 4.42 Å². The van der Waals surface area contributed by atoms with Crippen molar-refractivity contribution in [2.45, 2.75) is 25.7 Å². The van der Waals surface area contributed by atoms with E-state index in [9.17, 15) is 14.4 Å². The third-order valence-electron chi connectivity index (χ3n) is 2.76. The fourth-order valence-corrected chi connectivity index (χ4v) is 1.62. The molecule has 0 radical (unpaired) electrons. The van der Waals surface area contributed by atoms with Gasteiger partial charge in [-0.3, -0.25) is 14.4 Å². The molecule has 2 N–H and O–H groups in total. The largest absolute Gasteiger partial charge is 0.469 e. The Bertz CT molecular complexity index is 456. The molecule has 0 aromatic carbocycles. The monoisotopic (exact) mass is 296 g/mol. The first-order chi connectivity index (χ1) is 10.1. The molecular formula is C14H20N2O5. The van der Waals surface area contributed by atoms with Gasteiger partial charge in [-0.2, -0.15) is 0 Å². The van der Waals surface area contributed by atoms with E-state index >= 15 is 0 Å². The molecule has 0 spiro atoms. The first-order valence-electron chi connectivity index (χ1n) is 6.78. The zero-order valence-corrected chi connectivity index (χ0v) is 12.0. The lowest BCUT2D eigenvalue weighted by Crippen LogP contribution is -2.37. The van der Waals surface area contributed by atoms with Gasteiger partial charge in [0.25, 0.3) is 5.91 Å². The number of amides is 2. The molecule has 1 rings (SSSR count). The molecule has 0 aliphatic rings. The highest BCUT2D eigenvalue weighted by Crippen LogP contribution is 2.00. The number of nitrogens with one attached hydrogen (secondary N) is 2. The Kier molecular flexibility index (Phi) is 7.63. The van der Waals surface area contributed by atoms with Crippen LogP contribution in [0.15, 0.2) is 22.8 Å². The summed E-state index contributed by atoms with van der Waals surface area (Å²) in [6.45, 7) is 0.415. The predicted molar refractivity (Wildman–Crippen MR) is 74.5 cm³/mol. The second-order valence-electron chi connectivity index (χ2n) is 4.40. The van der Waals surface area contributed by atoms with E-state index < -0.39 is 5.91 Å². The lowest BCUT2D eigenvalue weighted by molar-refractivity contribution is -0.140. The summed E-state index contributed by atoms with van der Waals surface area (Å²) in [5.74, 6) is -0.735. The zero-order chi connectivity index (χ0) is 15.5. The lowest BCUT2D eigenvalue weighted by Gasteiger charge is -2.06. The number of rotatable bonds is 9. The highest BCUT2D eigenvalue weighted by Gasteiger charge is 2.09. The number of ether oxygens (including phenoxy) is 1. The molecule has 1 aromatic rings. The third kappa shape index (κ3) is 7.14. The summed E-state index contributed by atoms with van der Waals surface area (Å²) in [6, 6.07) is 3.12. The molecule has 0 saturated carbocycles. The smallest absolute Gasteiger partial charge is 0.305 e. The number of carbonyl (C=O) groups excluding carboxylic acids is 3. The standard InChI is InChI=1S/C14H20N2O5/c1-20-13(18)7-3-2-4-8-15-12(17)10-16-14(19)11-6-5-9-21-11/h5-6,9H,2-4,7-8,10H2,1H3,(H,15,17)(H,16,19). The zero-order valence-electron chi connectivity index (χ0n) is 12.0.